The molecule has 0 aliphatic heterocycles. The maximum absolute atomic E-state index is 11.1. The molecule has 1 heterocycles. The molecule has 0 aromatic carbocycles. The molecule has 0 atom stereocenters. The first-order valence-electron chi connectivity index (χ1n) is 7.11. The molecule has 0 saturated heterocycles. The van der Waals surface area contributed by atoms with Gasteiger partial charge in [0.05, 0.1) is 24.7 Å². The van der Waals surface area contributed by atoms with Crippen molar-refractivity contribution in [1.29, 1.82) is 0 Å². The first-order chi connectivity index (χ1) is 10.2. The summed E-state index contributed by atoms with van der Waals surface area (Å²) in [4.78, 5) is 18.1. The van der Waals surface area contributed by atoms with Gasteiger partial charge in [-0.15, -0.1) is 0 Å². The largest absolute Gasteiger partial charge is 0.476 e. The number of nitrogens with one attached hydrogen (secondary N) is 1. The second kappa shape index (κ2) is 7.72. The van der Waals surface area contributed by atoms with Crippen molar-refractivity contribution in [3.63, 3.8) is 0 Å². The van der Waals surface area contributed by atoms with Crippen LogP contribution in [-0.2, 0) is 4.74 Å². The fourth-order valence-corrected chi connectivity index (χ4v) is 2.43. The second-order valence-corrected chi connectivity index (χ2v) is 4.89. The first-order valence-corrected chi connectivity index (χ1v) is 7.11. The van der Waals surface area contributed by atoms with Gasteiger partial charge in [0.2, 0.25) is 5.82 Å². The zero-order valence-corrected chi connectivity index (χ0v) is 12.1. The fourth-order valence-electron chi connectivity index (χ4n) is 2.43. The summed E-state index contributed by atoms with van der Waals surface area (Å²) in [5.41, 5.74) is -0.252. The Morgan fingerprint density at radius 3 is 2.81 bits per heavy atom. The normalized spacial score (nSPS) is 15.7. The number of hydrogen-bond donors (Lipinski definition) is 1. The van der Waals surface area contributed by atoms with Crippen LogP contribution in [0.15, 0.2) is 6.33 Å². The predicted molar refractivity (Wildman–Crippen MR) is 76.6 cm³/mol. The maximum Gasteiger partial charge on any atom is 0.372 e. The Hall–Kier alpha value is -1.96. The summed E-state index contributed by atoms with van der Waals surface area (Å²) in [5, 5.41) is 14.0. The average Bonchev–Trinajstić information content (AvgIpc) is 2.52. The molecule has 0 unspecified atom stereocenters. The topological polar surface area (TPSA) is 99.4 Å². The zero-order valence-electron chi connectivity index (χ0n) is 12.1. The highest BCUT2D eigenvalue weighted by molar-refractivity contribution is 5.60. The Labute approximate surface area is 123 Å². The standard InChI is InChI=1S/C13H20N4O4/c1-20-13-11(17(18)19)12(15-9-16-13)14-7-8-21-10-5-3-2-4-6-10/h9-10H,2-8H2,1H3,(H,14,15,16). The Bertz CT molecular complexity index is 477. The molecule has 1 N–H and O–H groups in total. The number of rotatable bonds is 7. The smallest absolute Gasteiger partial charge is 0.372 e. The van der Waals surface area contributed by atoms with Gasteiger partial charge in [0.1, 0.15) is 6.33 Å². The third-order valence-corrected chi connectivity index (χ3v) is 3.46. The number of nitrogens with zero attached hydrogens (tertiary/aromatic N) is 3. The van der Waals surface area contributed by atoms with Gasteiger partial charge in [-0.2, -0.15) is 4.98 Å². The van der Waals surface area contributed by atoms with Gasteiger partial charge in [0.15, 0.2) is 0 Å². The Kier molecular flexibility index (Phi) is 5.68. The lowest BCUT2D eigenvalue weighted by Gasteiger charge is -2.22. The van der Waals surface area contributed by atoms with Crippen LogP contribution >= 0.6 is 0 Å². The molecule has 1 aliphatic rings. The SMILES string of the molecule is COc1ncnc(NCCOC2CCCCC2)c1[N+](=O)[O-]. The van der Waals surface area contributed by atoms with Gasteiger partial charge in [-0.1, -0.05) is 19.3 Å². The number of hydrogen-bond acceptors (Lipinski definition) is 7. The van der Waals surface area contributed by atoms with Crippen LogP contribution in [0.4, 0.5) is 11.5 Å². The molecule has 116 valence electrons. The molecular formula is C13H20N4O4. The minimum atomic E-state index is -0.552. The number of anilines is 1. The molecule has 8 nitrogen and oxygen atoms in total. The first kappa shape index (κ1) is 15.4. The molecule has 1 aromatic rings. The molecule has 0 spiro atoms. The van der Waals surface area contributed by atoms with Gasteiger partial charge >= 0.3 is 5.69 Å². The summed E-state index contributed by atoms with van der Waals surface area (Å²) in [6.45, 7) is 0.950. The predicted octanol–water partition coefficient (Wildman–Crippen LogP) is 2.15. The van der Waals surface area contributed by atoms with Gasteiger partial charge in [-0.05, 0) is 12.8 Å². The number of nitro groups is 1. The van der Waals surface area contributed by atoms with Crippen molar-refractivity contribution in [2.75, 3.05) is 25.6 Å². The van der Waals surface area contributed by atoms with Crippen molar-refractivity contribution in [2.45, 2.75) is 38.2 Å². The second-order valence-electron chi connectivity index (χ2n) is 4.89. The highest BCUT2D eigenvalue weighted by Gasteiger charge is 2.23. The van der Waals surface area contributed by atoms with Crippen molar-refractivity contribution in [3.8, 4) is 5.88 Å². The quantitative estimate of drug-likeness (QED) is 0.467. The molecule has 0 radical (unpaired) electrons. The molecule has 0 bridgehead atoms. The van der Waals surface area contributed by atoms with Gasteiger partial charge < -0.3 is 14.8 Å². The van der Waals surface area contributed by atoms with Crippen LogP contribution in [0.5, 0.6) is 5.88 Å². The van der Waals surface area contributed by atoms with Crippen LogP contribution in [0, 0.1) is 10.1 Å². The van der Waals surface area contributed by atoms with E-state index in [1.165, 1.54) is 32.7 Å². The van der Waals surface area contributed by atoms with Crippen LogP contribution in [0.25, 0.3) is 0 Å². The van der Waals surface area contributed by atoms with Gasteiger partial charge in [0, 0.05) is 6.54 Å². The summed E-state index contributed by atoms with van der Waals surface area (Å²) in [6.07, 6.45) is 7.46. The van der Waals surface area contributed by atoms with Crippen LogP contribution in [0.2, 0.25) is 0 Å². The van der Waals surface area contributed by atoms with E-state index in [4.69, 9.17) is 9.47 Å². The monoisotopic (exact) mass is 296 g/mol. The van der Waals surface area contributed by atoms with E-state index in [1.54, 1.807) is 0 Å². The van der Waals surface area contributed by atoms with E-state index in [-0.39, 0.29) is 17.4 Å². The van der Waals surface area contributed by atoms with Crippen molar-refractivity contribution in [1.82, 2.24) is 9.97 Å². The zero-order chi connectivity index (χ0) is 15.1. The van der Waals surface area contributed by atoms with Crippen LogP contribution in [0.3, 0.4) is 0 Å². The summed E-state index contributed by atoms with van der Waals surface area (Å²) < 4.78 is 10.6. The van der Waals surface area contributed by atoms with Crippen molar-refractivity contribution in [3.05, 3.63) is 16.4 Å². The van der Waals surface area contributed by atoms with Crippen molar-refractivity contribution < 1.29 is 14.4 Å². The molecule has 21 heavy (non-hydrogen) atoms. The molecule has 2 rings (SSSR count). The maximum atomic E-state index is 11.1. The number of ether oxygens (including phenoxy) is 2. The molecule has 1 aliphatic carbocycles. The minimum absolute atomic E-state index is 0.0503. The molecular weight excluding hydrogens is 276 g/mol. The van der Waals surface area contributed by atoms with Crippen LogP contribution in [0.1, 0.15) is 32.1 Å². The minimum Gasteiger partial charge on any atom is -0.476 e. The van der Waals surface area contributed by atoms with Gasteiger partial charge in [-0.25, -0.2) is 4.98 Å². The highest BCUT2D eigenvalue weighted by Crippen LogP contribution is 2.30. The molecule has 0 amide bonds. The fraction of sp³-hybridized carbons (Fsp3) is 0.692. The lowest BCUT2D eigenvalue weighted by atomic mass is 9.98. The molecule has 1 fully saturated rings. The van der Waals surface area contributed by atoms with Gasteiger partial charge in [0.25, 0.3) is 5.88 Å². The molecule has 1 aromatic heterocycles. The number of aromatic nitrogens is 2. The lowest BCUT2D eigenvalue weighted by molar-refractivity contribution is -0.385. The molecule has 1 saturated carbocycles. The van der Waals surface area contributed by atoms with E-state index < -0.39 is 4.92 Å². The number of methoxy groups -OCH3 is 1. The highest BCUT2D eigenvalue weighted by atomic mass is 16.6. The van der Waals surface area contributed by atoms with E-state index in [2.05, 4.69) is 15.3 Å². The van der Waals surface area contributed by atoms with E-state index >= 15 is 0 Å². The molecule has 8 heteroatoms. The Morgan fingerprint density at radius 2 is 2.14 bits per heavy atom. The Morgan fingerprint density at radius 1 is 1.38 bits per heavy atom. The van der Waals surface area contributed by atoms with Crippen molar-refractivity contribution >= 4 is 11.5 Å². The van der Waals surface area contributed by atoms with E-state index in [0.717, 1.165) is 12.8 Å². The summed E-state index contributed by atoms with van der Waals surface area (Å²) >= 11 is 0. The average molecular weight is 296 g/mol. The van der Waals surface area contributed by atoms with Crippen LogP contribution < -0.4 is 10.1 Å². The van der Waals surface area contributed by atoms with Crippen molar-refractivity contribution in [2.24, 2.45) is 0 Å². The third-order valence-electron chi connectivity index (χ3n) is 3.46. The lowest BCUT2D eigenvalue weighted by Crippen LogP contribution is -2.21. The van der Waals surface area contributed by atoms with Crippen LogP contribution in [-0.4, -0.2) is 41.3 Å². The van der Waals surface area contributed by atoms with E-state index in [9.17, 15) is 10.1 Å². The summed E-state index contributed by atoms with van der Waals surface area (Å²) in [6, 6.07) is 0. The Balaban J connectivity index is 1.86. The third kappa shape index (κ3) is 4.25. The van der Waals surface area contributed by atoms with E-state index in [1.807, 2.05) is 0 Å². The summed E-state index contributed by atoms with van der Waals surface area (Å²) in [5.74, 6) is 0.102. The van der Waals surface area contributed by atoms with Gasteiger partial charge in [-0.3, -0.25) is 10.1 Å². The summed E-state index contributed by atoms with van der Waals surface area (Å²) in [7, 11) is 1.34. The van der Waals surface area contributed by atoms with E-state index in [0.29, 0.717) is 19.3 Å².